The van der Waals surface area contributed by atoms with E-state index in [9.17, 15) is 5.11 Å². The zero-order chi connectivity index (χ0) is 28.8. The summed E-state index contributed by atoms with van der Waals surface area (Å²) in [6.45, 7) is 0. The van der Waals surface area contributed by atoms with Crippen molar-refractivity contribution >= 4 is 32.7 Å². The molecule has 0 radical (unpaired) electrons. The molecule has 1 saturated carbocycles. The molecule has 1 fully saturated rings. The molecule has 0 saturated heterocycles. The first-order chi connectivity index (χ1) is 21.2. The molecule has 0 spiro atoms. The molecule has 7 aromatic rings. The average Bonchev–Trinajstić information content (AvgIpc) is 3.39. The Morgan fingerprint density at radius 2 is 1.49 bits per heavy atom. The standard InChI is InChI=1S/C38H31N3O2/c42-35-19-17-29(26-11-5-2-6-12-26)32-18-20-37(40-38(32)35)43-28-15-16-31-30-13-7-8-14-33(30)41(34(31)24-28)36-23-27(21-22-39-36)25-9-3-1-4-10-25/h2,5-8,11-25,42H,1,3-4,9-10H2. The van der Waals surface area contributed by atoms with E-state index in [0.29, 0.717) is 23.1 Å². The third-order valence-electron chi connectivity index (χ3n) is 8.84. The molecule has 0 unspecified atom stereocenters. The van der Waals surface area contributed by atoms with Gasteiger partial charge in [0.1, 0.15) is 22.8 Å². The number of ether oxygens (including phenoxy) is 1. The van der Waals surface area contributed by atoms with Gasteiger partial charge in [-0.2, -0.15) is 0 Å². The lowest BCUT2D eigenvalue weighted by atomic mass is 9.84. The minimum atomic E-state index is 0.125. The third kappa shape index (κ3) is 4.58. The highest BCUT2D eigenvalue weighted by molar-refractivity contribution is 6.09. The Labute approximate surface area is 250 Å². The van der Waals surface area contributed by atoms with Crippen LogP contribution in [0.2, 0.25) is 0 Å². The van der Waals surface area contributed by atoms with Crippen LogP contribution in [0.1, 0.15) is 43.6 Å². The zero-order valence-electron chi connectivity index (χ0n) is 23.8. The normalized spacial score (nSPS) is 14.0. The molecule has 1 aliphatic carbocycles. The second kappa shape index (κ2) is 10.6. The number of benzene rings is 4. The molecule has 1 N–H and O–H groups in total. The van der Waals surface area contributed by atoms with Crippen LogP contribution < -0.4 is 4.74 Å². The molecule has 3 aromatic heterocycles. The summed E-state index contributed by atoms with van der Waals surface area (Å²) in [5.41, 5.74) is 6.12. The molecular weight excluding hydrogens is 530 g/mol. The fourth-order valence-corrected chi connectivity index (χ4v) is 6.74. The average molecular weight is 562 g/mol. The van der Waals surface area contributed by atoms with Crippen molar-refractivity contribution in [1.82, 2.24) is 14.5 Å². The number of hydrogen-bond acceptors (Lipinski definition) is 4. The second-order valence-electron chi connectivity index (χ2n) is 11.5. The Balaban J connectivity index is 1.21. The van der Waals surface area contributed by atoms with Crippen LogP contribution in [0.5, 0.6) is 17.4 Å². The van der Waals surface area contributed by atoms with Crippen molar-refractivity contribution in [2.75, 3.05) is 0 Å². The SMILES string of the molecule is Oc1ccc(-c2ccccc2)c2ccc(Oc3ccc4c5ccccc5n(-c5cc(C6CCCCC6)ccn5)c4c3)nc12. The van der Waals surface area contributed by atoms with Crippen LogP contribution in [0.4, 0.5) is 0 Å². The number of rotatable bonds is 5. The van der Waals surface area contributed by atoms with Gasteiger partial charge in [-0.1, -0.05) is 67.8 Å². The first-order valence-electron chi connectivity index (χ1n) is 15.1. The number of pyridine rings is 2. The molecule has 8 rings (SSSR count). The number of fused-ring (bicyclic) bond motifs is 4. The molecule has 210 valence electrons. The Morgan fingerprint density at radius 3 is 2.37 bits per heavy atom. The third-order valence-corrected chi connectivity index (χ3v) is 8.84. The van der Waals surface area contributed by atoms with Crippen molar-refractivity contribution in [3.63, 3.8) is 0 Å². The first kappa shape index (κ1) is 25.5. The Kier molecular flexibility index (Phi) is 6.29. The molecule has 0 bridgehead atoms. The maximum absolute atomic E-state index is 10.7. The van der Waals surface area contributed by atoms with Crippen LogP contribution in [0.15, 0.2) is 115 Å². The van der Waals surface area contributed by atoms with Crippen molar-refractivity contribution < 1.29 is 9.84 Å². The largest absolute Gasteiger partial charge is 0.506 e. The fraction of sp³-hybridized carbons (Fsp3) is 0.158. The van der Waals surface area contributed by atoms with E-state index in [1.165, 1.54) is 43.1 Å². The van der Waals surface area contributed by atoms with E-state index in [0.717, 1.165) is 38.8 Å². The Morgan fingerprint density at radius 1 is 0.698 bits per heavy atom. The van der Waals surface area contributed by atoms with Gasteiger partial charge in [0.05, 0.1) is 11.0 Å². The van der Waals surface area contributed by atoms with E-state index in [1.54, 1.807) is 6.07 Å². The summed E-state index contributed by atoms with van der Waals surface area (Å²) in [4.78, 5) is 9.58. The minimum absolute atomic E-state index is 0.125. The number of phenolic OH excluding ortho intramolecular Hbond substituents is 1. The highest BCUT2D eigenvalue weighted by Gasteiger charge is 2.19. The number of nitrogens with zero attached hydrogens (tertiary/aromatic N) is 3. The highest BCUT2D eigenvalue weighted by atomic mass is 16.5. The fourth-order valence-electron chi connectivity index (χ4n) is 6.74. The lowest BCUT2D eigenvalue weighted by molar-refractivity contribution is 0.443. The molecule has 1 aliphatic rings. The molecule has 5 heteroatoms. The number of phenols is 1. The van der Waals surface area contributed by atoms with E-state index < -0.39 is 0 Å². The molecular formula is C38H31N3O2. The van der Waals surface area contributed by atoms with E-state index in [-0.39, 0.29) is 5.75 Å². The zero-order valence-corrected chi connectivity index (χ0v) is 23.8. The quantitative estimate of drug-likeness (QED) is 0.227. The highest BCUT2D eigenvalue weighted by Crippen LogP contribution is 2.38. The van der Waals surface area contributed by atoms with Gasteiger partial charge >= 0.3 is 0 Å². The summed E-state index contributed by atoms with van der Waals surface area (Å²) in [7, 11) is 0. The Bertz CT molecular complexity index is 2110. The van der Waals surface area contributed by atoms with Crippen LogP contribution in [0, 0.1) is 0 Å². The summed E-state index contributed by atoms with van der Waals surface area (Å²) in [5.74, 6) is 2.74. The number of aromatic hydroxyl groups is 1. The van der Waals surface area contributed by atoms with Crippen molar-refractivity contribution in [3.05, 3.63) is 121 Å². The van der Waals surface area contributed by atoms with Crippen LogP contribution in [-0.4, -0.2) is 19.6 Å². The predicted molar refractivity (Wildman–Crippen MR) is 173 cm³/mol. The molecule has 0 aliphatic heterocycles. The number of aromatic nitrogens is 3. The van der Waals surface area contributed by atoms with Crippen LogP contribution in [-0.2, 0) is 0 Å². The first-order valence-corrected chi connectivity index (χ1v) is 15.1. The molecule has 4 aromatic carbocycles. The minimum Gasteiger partial charge on any atom is -0.506 e. The molecule has 0 atom stereocenters. The van der Waals surface area contributed by atoms with E-state index in [4.69, 9.17) is 14.7 Å². The number of para-hydroxylation sites is 1. The molecule has 3 heterocycles. The maximum Gasteiger partial charge on any atom is 0.219 e. The van der Waals surface area contributed by atoms with Crippen molar-refractivity contribution in [3.8, 4) is 34.3 Å². The van der Waals surface area contributed by atoms with Gasteiger partial charge in [0.15, 0.2) is 0 Å². The topological polar surface area (TPSA) is 60.2 Å². The second-order valence-corrected chi connectivity index (χ2v) is 11.5. The van der Waals surface area contributed by atoms with Gasteiger partial charge in [-0.25, -0.2) is 9.97 Å². The van der Waals surface area contributed by atoms with Crippen molar-refractivity contribution in [2.24, 2.45) is 0 Å². The summed E-state index contributed by atoms with van der Waals surface area (Å²) in [5, 5.41) is 13.9. The summed E-state index contributed by atoms with van der Waals surface area (Å²) in [6, 6.07) is 36.7. The number of hydrogen-bond donors (Lipinski definition) is 1. The van der Waals surface area contributed by atoms with Crippen molar-refractivity contribution in [1.29, 1.82) is 0 Å². The maximum atomic E-state index is 10.7. The van der Waals surface area contributed by atoms with Gasteiger partial charge in [0, 0.05) is 34.5 Å². The predicted octanol–water partition coefficient (Wildman–Crippen LogP) is 9.94. The van der Waals surface area contributed by atoms with Gasteiger partial charge in [-0.3, -0.25) is 4.57 Å². The van der Waals surface area contributed by atoms with Gasteiger partial charge in [0.25, 0.3) is 0 Å². The molecule has 5 nitrogen and oxygen atoms in total. The molecule has 43 heavy (non-hydrogen) atoms. The van der Waals surface area contributed by atoms with Gasteiger partial charge in [-0.05, 0) is 84.0 Å². The summed E-state index contributed by atoms with van der Waals surface area (Å²) < 4.78 is 8.59. The lowest BCUT2D eigenvalue weighted by Gasteiger charge is -2.22. The summed E-state index contributed by atoms with van der Waals surface area (Å²) >= 11 is 0. The van der Waals surface area contributed by atoms with Gasteiger partial charge in [0.2, 0.25) is 5.88 Å². The van der Waals surface area contributed by atoms with E-state index in [2.05, 4.69) is 65.2 Å². The van der Waals surface area contributed by atoms with Gasteiger partial charge in [-0.15, -0.1) is 0 Å². The Hall–Kier alpha value is -5.16. The van der Waals surface area contributed by atoms with Crippen LogP contribution in [0.25, 0.3) is 49.7 Å². The van der Waals surface area contributed by atoms with Crippen molar-refractivity contribution in [2.45, 2.75) is 38.0 Å². The smallest absolute Gasteiger partial charge is 0.219 e. The monoisotopic (exact) mass is 561 g/mol. The lowest BCUT2D eigenvalue weighted by Crippen LogP contribution is -2.06. The molecule has 0 amide bonds. The van der Waals surface area contributed by atoms with Crippen LogP contribution in [0.3, 0.4) is 0 Å². The van der Waals surface area contributed by atoms with Gasteiger partial charge < -0.3 is 9.84 Å². The van der Waals surface area contributed by atoms with Crippen LogP contribution >= 0.6 is 0 Å². The summed E-state index contributed by atoms with van der Waals surface area (Å²) in [6.07, 6.45) is 8.38. The van der Waals surface area contributed by atoms with E-state index >= 15 is 0 Å². The van der Waals surface area contributed by atoms with E-state index in [1.807, 2.05) is 48.7 Å².